The Morgan fingerprint density at radius 3 is 2.79 bits per heavy atom. The van der Waals surface area contributed by atoms with Gasteiger partial charge in [-0.3, -0.25) is 4.79 Å². The fraction of sp³-hybridized carbons (Fsp3) is 0.214. The van der Waals surface area contributed by atoms with Crippen LogP contribution in [-0.2, 0) is 4.79 Å². The van der Waals surface area contributed by atoms with Crippen molar-refractivity contribution in [2.45, 2.75) is 24.3 Å². The molecule has 0 aliphatic carbocycles. The third kappa shape index (κ3) is 3.74. The number of tetrazole rings is 1. The molecule has 124 valence electrons. The summed E-state index contributed by atoms with van der Waals surface area (Å²) in [4.78, 5) is 12.2. The van der Waals surface area contributed by atoms with Crippen molar-refractivity contribution < 1.29 is 9.32 Å². The second kappa shape index (κ2) is 7.02. The molecule has 3 aromatic rings. The fourth-order valence-electron chi connectivity index (χ4n) is 1.86. The van der Waals surface area contributed by atoms with Gasteiger partial charge in [-0.15, -0.1) is 5.10 Å². The average molecular weight is 365 g/mol. The van der Waals surface area contributed by atoms with E-state index in [2.05, 4.69) is 26.0 Å². The monoisotopic (exact) mass is 364 g/mol. The highest BCUT2D eigenvalue weighted by molar-refractivity contribution is 8.00. The van der Waals surface area contributed by atoms with Gasteiger partial charge < -0.3 is 9.84 Å². The number of hydrogen-bond donors (Lipinski definition) is 1. The molecule has 0 saturated carbocycles. The van der Waals surface area contributed by atoms with Crippen LogP contribution >= 0.6 is 23.4 Å². The molecule has 24 heavy (non-hydrogen) atoms. The largest absolute Gasteiger partial charge is 0.360 e. The van der Waals surface area contributed by atoms with E-state index in [4.69, 9.17) is 16.1 Å². The second-order valence-corrected chi connectivity index (χ2v) is 6.67. The zero-order valence-electron chi connectivity index (χ0n) is 12.8. The summed E-state index contributed by atoms with van der Waals surface area (Å²) in [5.74, 6) is 0.776. The average Bonchev–Trinajstić information content (AvgIpc) is 3.17. The molecule has 0 fully saturated rings. The van der Waals surface area contributed by atoms with E-state index in [-0.39, 0.29) is 5.91 Å². The minimum Gasteiger partial charge on any atom is -0.360 e. The van der Waals surface area contributed by atoms with Gasteiger partial charge in [-0.05, 0) is 48.5 Å². The summed E-state index contributed by atoms with van der Waals surface area (Å²) in [5.41, 5.74) is 0.756. The van der Waals surface area contributed by atoms with Gasteiger partial charge in [0.15, 0.2) is 5.82 Å². The van der Waals surface area contributed by atoms with Crippen LogP contribution in [0.4, 0.5) is 5.82 Å². The number of carbonyl (C=O) groups is 1. The van der Waals surface area contributed by atoms with Crippen molar-refractivity contribution in [1.29, 1.82) is 0 Å². The summed E-state index contributed by atoms with van der Waals surface area (Å²) in [5, 5.41) is 18.7. The van der Waals surface area contributed by atoms with Crippen molar-refractivity contribution in [3.63, 3.8) is 0 Å². The van der Waals surface area contributed by atoms with Gasteiger partial charge in [-0.25, -0.2) is 0 Å². The summed E-state index contributed by atoms with van der Waals surface area (Å²) in [6.45, 7) is 3.51. The number of rotatable bonds is 5. The molecule has 1 aromatic carbocycles. The molecule has 0 radical (unpaired) electrons. The van der Waals surface area contributed by atoms with Crippen LogP contribution in [0.25, 0.3) is 5.69 Å². The van der Waals surface area contributed by atoms with Crippen molar-refractivity contribution in [2.75, 3.05) is 5.32 Å². The van der Waals surface area contributed by atoms with Gasteiger partial charge in [0.1, 0.15) is 5.76 Å². The quantitative estimate of drug-likeness (QED) is 0.695. The number of nitrogens with one attached hydrogen (secondary N) is 1. The van der Waals surface area contributed by atoms with Crippen molar-refractivity contribution in [1.82, 2.24) is 25.4 Å². The van der Waals surface area contributed by atoms with Crippen LogP contribution in [0.5, 0.6) is 0 Å². The number of amides is 1. The molecule has 0 saturated heterocycles. The molecular weight excluding hydrogens is 352 g/mol. The summed E-state index contributed by atoms with van der Waals surface area (Å²) >= 11 is 7.12. The number of thioether (sulfide) groups is 1. The van der Waals surface area contributed by atoms with Crippen LogP contribution in [-0.4, -0.2) is 36.5 Å². The van der Waals surface area contributed by atoms with Gasteiger partial charge in [0.05, 0.1) is 10.9 Å². The van der Waals surface area contributed by atoms with E-state index >= 15 is 0 Å². The van der Waals surface area contributed by atoms with Gasteiger partial charge in [0.25, 0.3) is 0 Å². The van der Waals surface area contributed by atoms with Gasteiger partial charge >= 0.3 is 0 Å². The predicted octanol–water partition coefficient (Wildman–Crippen LogP) is 2.73. The molecule has 2 heterocycles. The third-order valence-electron chi connectivity index (χ3n) is 3.04. The maximum absolute atomic E-state index is 12.2. The Labute approximate surface area is 146 Å². The number of aromatic nitrogens is 5. The van der Waals surface area contributed by atoms with E-state index in [0.717, 1.165) is 5.69 Å². The van der Waals surface area contributed by atoms with Crippen molar-refractivity contribution in [3.05, 3.63) is 41.1 Å². The highest BCUT2D eigenvalue weighted by atomic mass is 35.5. The molecule has 0 unspecified atom stereocenters. The molecule has 1 amide bonds. The minimum atomic E-state index is -0.431. The molecule has 8 nitrogen and oxygen atoms in total. The van der Waals surface area contributed by atoms with E-state index in [0.29, 0.717) is 21.8 Å². The first-order valence-electron chi connectivity index (χ1n) is 6.98. The smallest absolute Gasteiger partial charge is 0.238 e. The SMILES string of the molecule is Cc1cc(NC(=O)[C@H](C)Sc2nnnn2-c2ccc(Cl)cc2)no1. The normalized spacial score (nSPS) is 12.1. The number of anilines is 1. The van der Waals surface area contributed by atoms with E-state index in [1.165, 1.54) is 11.8 Å². The second-order valence-electron chi connectivity index (χ2n) is 4.92. The molecule has 2 aromatic heterocycles. The maximum Gasteiger partial charge on any atom is 0.238 e. The van der Waals surface area contributed by atoms with Gasteiger partial charge in [0.2, 0.25) is 11.1 Å². The Hall–Kier alpha value is -2.39. The summed E-state index contributed by atoms with van der Waals surface area (Å²) in [6.07, 6.45) is 0. The summed E-state index contributed by atoms with van der Waals surface area (Å²) < 4.78 is 6.47. The van der Waals surface area contributed by atoms with Crippen molar-refractivity contribution in [3.8, 4) is 5.69 Å². The molecule has 0 spiro atoms. The topological polar surface area (TPSA) is 98.7 Å². The fourth-order valence-corrected chi connectivity index (χ4v) is 2.80. The van der Waals surface area contributed by atoms with E-state index in [1.807, 2.05) is 0 Å². The Morgan fingerprint density at radius 1 is 1.38 bits per heavy atom. The van der Waals surface area contributed by atoms with E-state index in [1.54, 1.807) is 48.9 Å². The van der Waals surface area contributed by atoms with Crippen LogP contribution in [0, 0.1) is 6.92 Å². The van der Waals surface area contributed by atoms with E-state index < -0.39 is 5.25 Å². The number of aryl methyl sites for hydroxylation is 1. The lowest BCUT2D eigenvalue weighted by Crippen LogP contribution is -2.23. The minimum absolute atomic E-state index is 0.223. The number of carbonyl (C=O) groups excluding carboxylic acids is 1. The van der Waals surface area contributed by atoms with E-state index in [9.17, 15) is 4.79 Å². The predicted molar refractivity (Wildman–Crippen MR) is 89.4 cm³/mol. The van der Waals surface area contributed by atoms with Crippen LogP contribution in [0.2, 0.25) is 5.02 Å². The Kier molecular flexibility index (Phi) is 4.81. The maximum atomic E-state index is 12.2. The van der Waals surface area contributed by atoms with Crippen LogP contribution in [0.1, 0.15) is 12.7 Å². The van der Waals surface area contributed by atoms with Gasteiger partial charge in [-0.1, -0.05) is 28.5 Å². The van der Waals surface area contributed by atoms with Crippen LogP contribution in [0.3, 0.4) is 0 Å². The molecule has 1 N–H and O–H groups in total. The molecule has 3 rings (SSSR count). The highest BCUT2D eigenvalue weighted by Gasteiger charge is 2.20. The molecule has 1 atom stereocenters. The lowest BCUT2D eigenvalue weighted by molar-refractivity contribution is -0.115. The molecule has 10 heteroatoms. The number of halogens is 1. The zero-order valence-corrected chi connectivity index (χ0v) is 14.4. The molecular formula is C14H13ClN6O2S. The Morgan fingerprint density at radius 2 is 2.12 bits per heavy atom. The zero-order chi connectivity index (χ0) is 17.1. The van der Waals surface area contributed by atoms with Gasteiger partial charge in [-0.2, -0.15) is 4.68 Å². The van der Waals surface area contributed by atoms with Crippen LogP contribution in [0.15, 0.2) is 40.0 Å². The van der Waals surface area contributed by atoms with Gasteiger partial charge in [0, 0.05) is 11.1 Å². The summed E-state index contributed by atoms with van der Waals surface area (Å²) in [6, 6.07) is 8.73. The Bertz CT molecular complexity index is 847. The lowest BCUT2D eigenvalue weighted by atomic mass is 10.3. The standard InChI is InChI=1S/C14H13ClN6O2S/c1-8-7-12(18-23-8)16-13(22)9(2)24-14-17-19-20-21(14)11-5-3-10(15)4-6-11/h3-7,9H,1-2H3,(H,16,18,22)/t9-/m0/s1. The third-order valence-corrected chi connectivity index (χ3v) is 4.33. The molecule has 0 bridgehead atoms. The number of hydrogen-bond acceptors (Lipinski definition) is 7. The lowest BCUT2D eigenvalue weighted by Gasteiger charge is -2.10. The number of benzene rings is 1. The number of nitrogens with zero attached hydrogens (tertiary/aromatic N) is 5. The van der Waals surface area contributed by atoms with Crippen LogP contribution < -0.4 is 5.32 Å². The summed E-state index contributed by atoms with van der Waals surface area (Å²) in [7, 11) is 0. The van der Waals surface area contributed by atoms with Crippen molar-refractivity contribution >= 4 is 35.1 Å². The molecule has 0 aliphatic heterocycles. The van der Waals surface area contributed by atoms with Crippen molar-refractivity contribution in [2.24, 2.45) is 0 Å². The first-order valence-corrected chi connectivity index (χ1v) is 8.24. The first-order chi connectivity index (χ1) is 11.5. The first kappa shape index (κ1) is 16.5. The molecule has 0 aliphatic rings. The Balaban J connectivity index is 1.70. The highest BCUT2D eigenvalue weighted by Crippen LogP contribution is 2.24.